The lowest BCUT2D eigenvalue weighted by atomic mass is 10.1. The molecule has 0 radical (unpaired) electrons. The van der Waals surface area contributed by atoms with E-state index < -0.39 is 0 Å². The fourth-order valence-corrected chi connectivity index (χ4v) is 2.41. The van der Waals surface area contributed by atoms with Gasteiger partial charge in [0.15, 0.2) is 5.78 Å². The summed E-state index contributed by atoms with van der Waals surface area (Å²) in [6.07, 6.45) is 3.12. The molecule has 0 bridgehead atoms. The zero-order valence-electron chi connectivity index (χ0n) is 12.2. The van der Waals surface area contributed by atoms with Crippen LogP contribution in [0.2, 0.25) is 0 Å². The first-order chi connectivity index (χ1) is 10.6. The first kappa shape index (κ1) is 16.2. The van der Waals surface area contributed by atoms with Crippen LogP contribution in [0.4, 0.5) is 5.69 Å². The molecule has 0 saturated heterocycles. The van der Waals surface area contributed by atoms with Crippen molar-refractivity contribution in [2.75, 3.05) is 11.9 Å². The van der Waals surface area contributed by atoms with Gasteiger partial charge in [-0.2, -0.15) is 0 Å². The molecule has 2 aromatic carbocycles. The second kappa shape index (κ2) is 7.71. The van der Waals surface area contributed by atoms with E-state index >= 15 is 0 Å². The Bertz CT molecular complexity index is 769. The van der Waals surface area contributed by atoms with Crippen molar-refractivity contribution < 1.29 is 4.79 Å². The quantitative estimate of drug-likeness (QED) is 0.646. The number of carbonyl (C=O) groups excluding carboxylic acids is 1. The van der Waals surface area contributed by atoms with Crippen LogP contribution in [0.3, 0.4) is 0 Å². The van der Waals surface area contributed by atoms with E-state index in [0.29, 0.717) is 12.2 Å². The molecule has 0 spiro atoms. The van der Waals surface area contributed by atoms with E-state index in [1.807, 2.05) is 31.2 Å². The molecule has 4 heteroatoms. The van der Waals surface area contributed by atoms with Gasteiger partial charge in [0.2, 0.25) is 5.43 Å². The number of hydrogen-bond donors (Lipinski definition) is 1. The number of hydrogen-bond acceptors (Lipinski definition) is 3. The molecule has 0 unspecified atom stereocenters. The van der Waals surface area contributed by atoms with E-state index in [1.165, 1.54) is 6.08 Å². The van der Waals surface area contributed by atoms with Crippen LogP contribution in [0.5, 0.6) is 0 Å². The molecule has 22 heavy (non-hydrogen) atoms. The zero-order valence-corrected chi connectivity index (χ0v) is 13.8. The molecule has 3 nitrogen and oxygen atoms in total. The standard InChI is InChI=1S/C18H16BrNO2/c1-2-20-16-10-6-4-8-14(18(16)22)17(21)12-11-13-7-3-5-9-15(13)19/h3-12H,2H2,1H3,(H,20,22)/b12-11-. The van der Waals surface area contributed by atoms with Crippen LogP contribution in [0.15, 0.2) is 63.9 Å². The number of benzene rings is 1. The number of allylic oxidation sites excluding steroid dienone is 1. The molecule has 0 heterocycles. The Morgan fingerprint density at radius 3 is 2.55 bits per heavy atom. The van der Waals surface area contributed by atoms with Gasteiger partial charge in [-0.3, -0.25) is 9.59 Å². The maximum Gasteiger partial charge on any atom is 0.212 e. The summed E-state index contributed by atoms with van der Waals surface area (Å²) in [6.45, 7) is 2.53. The number of anilines is 1. The Balaban J connectivity index is 2.35. The summed E-state index contributed by atoms with van der Waals surface area (Å²) in [5.74, 6) is -0.309. The Labute approximate surface area is 137 Å². The van der Waals surface area contributed by atoms with Crippen LogP contribution in [0.1, 0.15) is 22.8 Å². The molecule has 1 N–H and O–H groups in total. The third kappa shape index (κ3) is 3.92. The second-order valence-electron chi connectivity index (χ2n) is 4.62. The monoisotopic (exact) mass is 357 g/mol. The minimum absolute atomic E-state index is 0.157. The van der Waals surface area contributed by atoms with E-state index in [-0.39, 0.29) is 16.8 Å². The van der Waals surface area contributed by atoms with E-state index in [4.69, 9.17) is 0 Å². The van der Waals surface area contributed by atoms with Crippen molar-refractivity contribution in [3.63, 3.8) is 0 Å². The van der Waals surface area contributed by atoms with E-state index in [0.717, 1.165) is 10.0 Å². The zero-order chi connectivity index (χ0) is 15.9. The molecule has 0 aliphatic heterocycles. The van der Waals surface area contributed by atoms with Crippen LogP contribution in [-0.4, -0.2) is 12.3 Å². The molecule has 0 saturated carbocycles. The van der Waals surface area contributed by atoms with Crippen molar-refractivity contribution in [2.45, 2.75) is 6.92 Å². The van der Waals surface area contributed by atoms with Crippen molar-refractivity contribution in [2.24, 2.45) is 0 Å². The summed E-state index contributed by atoms with van der Waals surface area (Å²) in [7, 11) is 0. The SMILES string of the molecule is CCNc1ccccc(C(=O)/C=C\c2ccccc2Br)c1=O. The van der Waals surface area contributed by atoms with Gasteiger partial charge in [0.25, 0.3) is 0 Å². The van der Waals surface area contributed by atoms with Gasteiger partial charge in [-0.15, -0.1) is 0 Å². The minimum atomic E-state index is -0.309. The van der Waals surface area contributed by atoms with Crippen molar-refractivity contribution >= 4 is 33.5 Å². The van der Waals surface area contributed by atoms with Gasteiger partial charge in [0, 0.05) is 11.0 Å². The average Bonchev–Trinajstić information content (AvgIpc) is 2.69. The van der Waals surface area contributed by atoms with Crippen LogP contribution in [-0.2, 0) is 0 Å². The number of carbonyl (C=O) groups is 1. The molecule has 0 fully saturated rings. The normalized spacial score (nSPS) is 10.6. The maximum absolute atomic E-state index is 12.4. The minimum Gasteiger partial charge on any atom is -0.382 e. The van der Waals surface area contributed by atoms with Crippen molar-refractivity contribution in [3.05, 3.63) is 80.4 Å². The Morgan fingerprint density at radius 1 is 1.14 bits per heavy atom. The molecular weight excluding hydrogens is 342 g/mol. The largest absolute Gasteiger partial charge is 0.382 e. The van der Waals surface area contributed by atoms with Crippen LogP contribution >= 0.6 is 15.9 Å². The second-order valence-corrected chi connectivity index (χ2v) is 5.48. The number of halogens is 1. The lowest BCUT2D eigenvalue weighted by Crippen LogP contribution is -2.15. The Hall–Kier alpha value is -2.20. The fraction of sp³-hybridized carbons (Fsp3) is 0.111. The predicted octanol–water partition coefficient (Wildman–Crippen LogP) is 4.14. The third-order valence-electron chi connectivity index (χ3n) is 3.08. The molecular formula is C18H16BrNO2. The van der Waals surface area contributed by atoms with E-state index in [2.05, 4.69) is 21.2 Å². The lowest BCUT2D eigenvalue weighted by molar-refractivity contribution is 0.104. The molecule has 0 atom stereocenters. The molecule has 0 aromatic heterocycles. The average molecular weight is 358 g/mol. The van der Waals surface area contributed by atoms with Crippen LogP contribution in [0.25, 0.3) is 6.08 Å². The summed E-state index contributed by atoms with van der Waals surface area (Å²) < 4.78 is 0.897. The van der Waals surface area contributed by atoms with Crippen molar-refractivity contribution in [1.82, 2.24) is 0 Å². The van der Waals surface area contributed by atoms with Crippen LogP contribution < -0.4 is 10.7 Å². The highest BCUT2D eigenvalue weighted by molar-refractivity contribution is 9.10. The van der Waals surface area contributed by atoms with Crippen molar-refractivity contribution in [3.8, 4) is 0 Å². The van der Waals surface area contributed by atoms with Gasteiger partial charge in [0.05, 0.1) is 11.3 Å². The summed E-state index contributed by atoms with van der Waals surface area (Å²) in [5, 5.41) is 2.98. The first-order valence-electron chi connectivity index (χ1n) is 6.97. The van der Waals surface area contributed by atoms with Gasteiger partial charge in [-0.1, -0.05) is 46.3 Å². The first-order valence-corrected chi connectivity index (χ1v) is 7.77. The van der Waals surface area contributed by atoms with E-state index in [9.17, 15) is 9.59 Å². The van der Waals surface area contributed by atoms with Gasteiger partial charge in [-0.25, -0.2) is 0 Å². The number of nitrogens with one attached hydrogen (secondary N) is 1. The fourth-order valence-electron chi connectivity index (χ4n) is 1.99. The Kier molecular flexibility index (Phi) is 5.67. The van der Waals surface area contributed by atoms with Crippen LogP contribution in [0, 0.1) is 0 Å². The number of ketones is 1. The highest BCUT2D eigenvalue weighted by atomic mass is 79.9. The smallest absolute Gasteiger partial charge is 0.212 e. The van der Waals surface area contributed by atoms with Gasteiger partial charge >= 0.3 is 0 Å². The number of rotatable bonds is 5. The highest BCUT2D eigenvalue weighted by Crippen LogP contribution is 2.17. The summed E-state index contributed by atoms with van der Waals surface area (Å²) in [5.41, 5.74) is 1.19. The topological polar surface area (TPSA) is 46.2 Å². The Morgan fingerprint density at radius 2 is 1.82 bits per heavy atom. The molecule has 0 aliphatic rings. The van der Waals surface area contributed by atoms with Gasteiger partial charge < -0.3 is 5.32 Å². The van der Waals surface area contributed by atoms with Crippen molar-refractivity contribution in [1.29, 1.82) is 0 Å². The van der Waals surface area contributed by atoms with Gasteiger partial charge in [0.1, 0.15) is 0 Å². The predicted molar refractivity (Wildman–Crippen MR) is 94.4 cm³/mol. The summed E-state index contributed by atoms with van der Waals surface area (Å²) in [6, 6.07) is 14.3. The van der Waals surface area contributed by atoms with E-state index in [1.54, 1.807) is 30.3 Å². The molecule has 0 amide bonds. The highest BCUT2D eigenvalue weighted by Gasteiger charge is 2.09. The molecule has 2 aromatic rings. The molecule has 0 aliphatic carbocycles. The summed E-state index contributed by atoms with van der Waals surface area (Å²) in [4.78, 5) is 24.7. The molecule has 2 rings (SSSR count). The van der Waals surface area contributed by atoms with Gasteiger partial charge in [-0.05, 0) is 42.8 Å². The molecule has 112 valence electrons. The maximum atomic E-state index is 12.4. The third-order valence-corrected chi connectivity index (χ3v) is 3.80. The lowest BCUT2D eigenvalue weighted by Gasteiger charge is -1.99. The summed E-state index contributed by atoms with van der Waals surface area (Å²) >= 11 is 3.42.